The summed E-state index contributed by atoms with van der Waals surface area (Å²) in [7, 11) is 0. The van der Waals surface area contributed by atoms with Gasteiger partial charge in [0.25, 0.3) is 5.91 Å². The number of furan rings is 1. The quantitative estimate of drug-likeness (QED) is 0.671. The van der Waals surface area contributed by atoms with Crippen LogP contribution >= 0.6 is 0 Å². The third-order valence-corrected chi connectivity index (χ3v) is 3.70. The molecule has 0 fully saturated rings. The number of benzene rings is 2. The fraction of sp³-hybridized carbons (Fsp3) is 0.100. The Morgan fingerprint density at radius 2 is 1.70 bits per heavy atom. The largest absolute Gasteiger partial charge is 0.450 e. The molecule has 7 heteroatoms. The molecular weight excluding hydrogens is 356 g/mol. The van der Waals surface area contributed by atoms with Crippen LogP contribution in [-0.4, -0.2) is 18.5 Å². The van der Waals surface area contributed by atoms with Crippen molar-refractivity contribution < 1.29 is 27.5 Å². The molecule has 0 spiro atoms. The van der Waals surface area contributed by atoms with Gasteiger partial charge in [0.1, 0.15) is 17.4 Å². The fourth-order valence-electron chi connectivity index (χ4n) is 2.31. The van der Waals surface area contributed by atoms with Crippen LogP contribution < -0.4 is 5.32 Å². The van der Waals surface area contributed by atoms with Gasteiger partial charge in [-0.15, -0.1) is 0 Å². The maximum absolute atomic E-state index is 13.5. The average molecular weight is 371 g/mol. The van der Waals surface area contributed by atoms with E-state index in [9.17, 15) is 18.4 Å². The molecule has 1 amide bonds. The minimum atomic E-state index is -0.815. The van der Waals surface area contributed by atoms with E-state index in [1.54, 1.807) is 24.3 Å². The van der Waals surface area contributed by atoms with Gasteiger partial charge in [-0.3, -0.25) is 4.79 Å². The normalized spacial score (nSPS) is 10.4. The molecule has 0 atom stereocenters. The summed E-state index contributed by atoms with van der Waals surface area (Å²) in [5.74, 6) is -1.92. The van der Waals surface area contributed by atoms with Crippen molar-refractivity contribution in [2.24, 2.45) is 0 Å². The maximum Gasteiger partial charge on any atom is 0.374 e. The summed E-state index contributed by atoms with van der Waals surface area (Å²) >= 11 is 0. The number of carbonyl (C=O) groups is 2. The van der Waals surface area contributed by atoms with Crippen LogP contribution in [0.15, 0.2) is 65.1 Å². The first kappa shape index (κ1) is 18.3. The van der Waals surface area contributed by atoms with Gasteiger partial charge in [-0.2, -0.15) is 0 Å². The lowest BCUT2D eigenvalue weighted by atomic mass is 10.2. The summed E-state index contributed by atoms with van der Waals surface area (Å²) in [5, 5.41) is 2.46. The van der Waals surface area contributed by atoms with E-state index in [0.29, 0.717) is 16.9 Å². The molecule has 0 bridgehead atoms. The number of esters is 1. The highest BCUT2D eigenvalue weighted by Gasteiger charge is 2.15. The average Bonchev–Trinajstić information content (AvgIpc) is 3.16. The van der Waals surface area contributed by atoms with Crippen LogP contribution in [0.3, 0.4) is 0 Å². The smallest absolute Gasteiger partial charge is 0.374 e. The molecule has 1 aromatic heterocycles. The predicted molar refractivity (Wildman–Crippen MR) is 92.6 cm³/mol. The molecule has 0 radical (unpaired) electrons. The third kappa shape index (κ3) is 4.78. The lowest BCUT2D eigenvalue weighted by Gasteiger charge is -2.06. The number of ether oxygens (including phenoxy) is 1. The lowest BCUT2D eigenvalue weighted by Crippen LogP contribution is -2.28. The van der Waals surface area contributed by atoms with Gasteiger partial charge in [0.15, 0.2) is 6.61 Å². The molecule has 0 saturated heterocycles. The highest BCUT2D eigenvalue weighted by molar-refractivity contribution is 5.89. The van der Waals surface area contributed by atoms with Crippen molar-refractivity contribution in [3.63, 3.8) is 0 Å². The number of halogens is 2. The van der Waals surface area contributed by atoms with Gasteiger partial charge in [-0.25, -0.2) is 13.6 Å². The zero-order chi connectivity index (χ0) is 19.2. The first-order chi connectivity index (χ1) is 13.0. The summed E-state index contributed by atoms with van der Waals surface area (Å²) in [6, 6.07) is 14.6. The molecule has 1 heterocycles. The lowest BCUT2D eigenvalue weighted by molar-refractivity contribution is -0.124. The number of hydrogen-bond donors (Lipinski definition) is 1. The van der Waals surface area contributed by atoms with Crippen LogP contribution in [0.4, 0.5) is 8.78 Å². The summed E-state index contributed by atoms with van der Waals surface area (Å²) in [4.78, 5) is 23.7. The van der Waals surface area contributed by atoms with Crippen molar-refractivity contribution in [1.82, 2.24) is 5.32 Å². The highest BCUT2D eigenvalue weighted by Crippen LogP contribution is 2.22. The molecule has 3 aromatic rings. The van der Waals surface area contributed by atoms with Crippen LogP contribution in [0.1, 0.15) is 16.1 Å². The number of nitrogens with one attached hydrogen (secondary N) is 1. The van der Waals surface area contributed by atoms with Crippen molar-refractivity contribution >= 4 is 11.9 Å². The van der Waals surface area contributed by atoms with E-state index in [2.05, 4.69) is 5.32 Å². The van der Waals surface area contributed by atoms with Gasteiger partial charge in [0, 0.05) is 17.7 Å². The molecule has 0 aliphatic heterocycles. The van der Waals surface area contributed by atoms with Crippen LogP contribution in [0, 0.1) is 11.6 Å². The third-order valence-electron chi connectivity index (χ3n) is 3.70. The summed E-state index contributed by atoms with van der Waals surface area (Å²) in [6.07, 6.45) is 0. The van der Waals surface area contributed by atoms with Crippen LogP contribution in [0.2, 0.25) is 0 Å². The molecule has 138 valence electrons. The second-order valence-corrected chi connectivity index (χ2v) is 5.62. The second kappa shape index (κ2) is 8.27. The van der Waals surface area contributed by atoms with Gasteiger partial charge >= 0.3 is 5.97 Å². The summed E-state index contributed by atoms with van der Waals surface area (Å²) < 4.78 is 36.7. The Hall–Kier alpha value is -3.48. The van der Waals surface area contributed by atoms with E-state index in [4.69, 9.17) is 9.15 Å². The fourth-order valence-corrected chi connectivity index (χ4v) is 2.31. The first-order valence-electron chi connectivity index (χ1n) is 8.06. The van der Waals surface area contributed by atoms with E-state index < -0.39 is 24.3 Å². The molecule has 27 heavy (non-hydrogen) atoms. The molecule has 0 unspecified atom stereocenters. The Morgan fingerprint density at radius 1 is 0.963 bits per heavy atom. The Morgan fingerprint density at radius 3 is 2.44 bits per heavy atom. The first-order valence-corrected chi connectivity index (χ1v) is 8.06. The highest BCUT2D eigenvalue weighted by atomic mass is 19.1. The van der Waals surface area contributed by atoms with Crippen LogP contribution in [-0.2, 0) is 16.1 Å². The SMILES string of the molecule is O=C(COC(=O)c1ccc(-c2ccc(F)cc2)o1)NCc1ccccc1F. The van der Waals surface area contributed by atoms with Crippen LogP contribution in [0.25, 0.3) is 11.3 Å². The van der Waals surface area contributed by atoms with Crippen molar-refractivity contribution in [3.8, 4) is 11.3 Å². The van der Waals surface area contributed by atoms with E-state index in [1.807, 2.05) is 0 Å². The maximum atomic E-state index is 13.5. The molecule has 1 N–H and O–H groups in total. The standard InChI is InChI=1S/C20H15F2NO4/c21-15-7-5-13(6-8-15)17-9-10-18(27-17)20(25)26-12-19(24)23-11-14-3-1-2-4-16(14)22/h1-10H,11-12H2,(H,23,24). The van der Waals surface area contributed by atoms with E-state index in [-0.39, 0.29) is 18.1 Å². The second-order valence-electron chi connectivity index (χ2n) is 5.62. The van der Waals surface area contributed by atoms with Crippen molar-refractivity contribution in [2.45, 2.75) is 6.54 Å². The summed E-state index contributed by atoms with van der Waals surface area (Å²) in [6.45, 7) is -0.543. The number of hydrogen-bond acceptors (Lipinski definition) is 4. The van der Waals surface area contributed by atoms with Gasteiger partial charge < -0.3 is 14.5 Å². The summed E-state index contributed by atoms with van der Waals surface area (Å²) in [5.41, 5.74) is 0.922. The zero-order valence-corrected chi connectivity index (χ0v) is 14.1. The van der Waals surface area contributed by atoms with Crippen molar-refractivity contribution in [1.29, 1.82) is 0 Å². The zero-order valence-electron chi connectivity index (χ0n) is 14.1. The molecular formula is C20H15F2NO4. The van der Waals surface area contributed by atoms with Gasteiger partial charge in [0.05, 0.1) is 0 Å². The number of amides is 1. The van der Waals surface area contributed by atoms with Crippen molar-refractivity contribution in [3.05, 3.63) is 83.6 Å². The topological polar surface area (TPSA) is 68.5 Å². The monoisotopic (exact) mass is 371 g/mol. The molecule has 5 nitrogen and oxygen atoms in total. The molecule has 0 saturated carbocycles. The van der Waals surface area contributed by atoms with E-state index in [0.717, 1.165) is 0 Å². The predicted octanol–water partition coefficient (Wildman–Crippen LogP) is 3.70. The molecule has 0 aliphatic carbocycles. The number of rotatable bonds is 6. The number of carbonyl (C=O) groups excluding carboxylic acids is 2. The van der Waals surface area contributed by atoms with Crippen LogP contribution in [0.5, 0.6) is 0 Å². The van der Waals surface area contributed by atoms with Gasteiger partial charge in [0.2, 0.25) is 5.76 Å². The Labute approximate surface area is 153 Å². The van der Waals surface area contributed by atoms with E-state index in [1.165, 1.54) is 36.4 Å². The molecule has 0 aliphatic rings. The van der Waals surface area contributed by atoms with Crippen molar-refractivity contribution in [2.75, 3.05) is 6.61 Å². The van der Waals surface area contributed by atoms with E-state index >= 15 is 0 Å². The Bertz CT molecular complexity index is 951. The van der Waals surface area contributed by atoms with Gasteiger partial charge in [-0.05, 0) is 42.5 Å². The Kier molecular flexibility index (Phi) is 5.61. The minimum absolute atomic E-state index is 0.0154. The Balaban J connectivity index is 1.51. The van der Waals surface area contributed by atoms with Gasteiger partial charge in [-0.1, -0.05) is 18.2 Å². The molecule has 3 rings (SSSR count). The minimum Gasteiger partial charge on any atom is -0.450 e. The molecule has 2 aromatic carbocycles.